The maximum atomic E-state index is 14.9. The van der Waals surface area contributed by atoms with Gasteiger partial charge < -0.3 is 20.5 Å². The van der Waals surface area contributed by atoms with Gasteiger partial charge in [0.1, 0.15) is 36.9 Å². The number of anilines is 1. The van der Waals surface area contributed by atoms with Crippen LogP contribution < -0.4 is 15.8 Å². The van der Waals surface area contributed by atoms with Crippen LogP contribution in [-0.4, -0.2) is 60.0 Å². The van der Waals surface area contributed by atoms with E-state index in [1.165, 1.54) is 17.4 Å². The molecule has 3 N–H and O–H groups in total. The van der Waals surface area contributed by atoms with Crippen molar-refractivity contribution in [3.05, 3.63) is 24.3 Å². The molecule has 2 aromatic rings. The van der Waals surface area contributed by atoms with Gasteiger partial charge in [0, 0.05) is 25.2 Å². The molecule has 1 aromatic heterocycles. The molecule has 0 saturated carbocycles. The smallest absolute Gasteiger partial charge is 0.238 e. The van der Waals surface area contributed by atoms with Crippen LogP contribution >= 0.6 is 0 Å². The standard InChI is InChI=1S/C18H24FN7O3/c1-11(2)18(9-26(25-24-18)8-15(20)27)23-17-16-13(19)6-12(29-5-4-28-3)7-14(16)21-10-22-17/h6-7,10-11H,4-5,8-9H2,1-3H3,(H2,20,27)(H,21,22,23). The lowest BCUT2D eigenvalue weighted by atomic mass is 9.96. The molecule has 0 aliphatic carbocycles. The molecular formula is C18H24FN7O3. The summed E-state index contributed by atoms with van der Waals surface area (Å²) in [4.78, 5) is 19.6. The molecule has 0 fully saturated rings. The number of fused-ring (bicyclic) bond motifs is 1. The molecule has 0 bridgehead atoms. The van der Waals surface area contributed by atoms with E-state index in [1.807, 2.05) is 13.8 Å². The Morgan fingerprint density at radius 3 is 2.86 bits per heavy atom. The number of amides is 1. The van der Waals surface area contributed by atoms with Crippen molar-refractivity contribution in [3.8, 4) is 5.75 Å². The maximum Gasteiger partial charge on any atom is 0.238 e. The summed E-state index contributed by atoms with van der Waals surface area (Å²) in [5, 5.41) is 13.2. The van der Waals surface area contributed by atoms with Gasteiger partial charge in [0.05, 0.1) is 24.1 Å². The van der Waals surface area contributed by atoms with E-state index < -0.39 is 17.4 Å². The number of carbonyl (C=O) groups is 1. The summed E-state index contributed by atoms with van der Waals surface area (Å²) in [6, 6.07) is 2.92. The highest BCUT2D eigenvalue weighted by Gasteiger charge is 2.41. The van der Waals surface area contributed by atoms with Crippen LogP contribution in [0.15, 0.2) is 28.8 Å². The van der Waals surface area contributed by atoms with Gasteiger partial charge in [-0.05, 0) is 0 Å². The van der Waals surface area contributed by atoms with Gasteiger partial charge in [0.2, 0.25) is 5.91 Å². The first kappa shape index (κ1) is 20.6. The Labute approximate surface area is 167 Å². The van der Waals surface area contributed by atoms with Crippen molar-refractivity contribution < 1.29 is 18.7 Å². The lowest BCUT2D eigenvalue weighted by Gasteiger charge is -2.31. The quantitative estimate of drug-likeness (QED) is 0.608. The minimum Gasteiger partial charge on any atom is -0.491 e. The predicted molar refractivity (Wildman–Crippen MR) is 104 cm³/mol. The molecule has 3 rings (SSSR count). The van der Waals surface area contributed by atoms with E-state index in [0.29, 0.717) is 31.0 Å². The first-order chi connectivity index (χ1) is 13.8. The van der Waals surface area contributed by atoms with Crippen LogP contribution in [0.4, 0.5) is 10.2 Å². The van der Waals surface area contributed by atoms with E-state index >= 15 is 0 Å². The first-order valence-corrected chi connectivity index (χ1v) is 9.15. The van der Waals surface area contributed by atoms with E-state index in [-0.39, 0.29) is 23.7 Å². The number of ether oxygens (including phenoxy) is 2. The number of nitrogens with one attached hydrogen (secondary N) is 1. The average molecular weight is 405 g/mol. The minimum atomic E-state index is -0.892. The highest BCUT2D eigenvalue weighted by Crippen LogP contribution is 2.34. The largest absolute Gasteiger partial charge is 0.491 e. The lowest BCUT2D eigenvalue weighted by Crippen LogP contribution is -2.47. The van der Waals surface area contributed by atoms with Gasteiger partial charge in [-0.2, -0.15) is 0 Å². The zero-order valence-corrected chi connectivity index (χ0v) is 16.6. The zero-order valence-electron chi connectivity index (χ0n) is 16.6. The molecule has 0 saturated heterocycles. The van der Waals surface area contributed by atoms with Crippen molar-refractivity contribution >= 4 is 22.6 Å². The molecular weight excluding hydrogens is 381 g/mol. The van der Waals surface area contributed by atoms with Gasteiger partial charge in [-0.25, -0.2) is 14.4 Å². The number of nitrogens with two attached hydrogens (primary N) is 1. The Morgan fingerprint density at radius 2 is 2.17 bits per heavy atom. The van der Waals surface area contributed by atoms with Gasteiger partial charge >= 0.3 is 0 Å². The summed E-state index contributed by atoms with van der Waals surface area (Å²) in [6.45, 7) is 4.81. The van der Waals surface area contributed by atoms with E-state index in [1.54, 1.807) is 13.2 Å². The monoisotopic (exact) mass is 405 g/mol. The van der Waals surface area contributed by atoms with Crippen LogP contribution in [0.2, 0.25) is 0 Å². The van der Waals surface area contributed by atoms with Gasteiger partial charge in [-0.15, -0.1) is 5.11 Å². The molecule has 156 valence electrons. The summed E-state index contributed by atoms with van der Waals surface area (Å²) in [6.07, 6.45) is 1.34. The van der Waals surface area contributed by atoms with Crippen molar-refractivity contribution in [2.24, 2.45) is 22.0 Å². The number of benzene rings is 1. The second-order valence-electron chi connectivity index (χ2n) is 7.05. The third-order valence-electron chi connectivity index (χ3n) is 4.62. The Morgan fingerprint density at radius 1 is 1.38 bits per heavy atom. The number of carbonyl (C=O) groups excluding carboxylic acids is 1. The molecule has 1 aromatic carbocycles. The van der Waals surface area contributed by atoms with Crippen molar-refractivity contribution in [1.29, 1.82) is 0 Å². The summed E-state index contributed by atoms with van der Waals surface area (Å²) in [5.74, 6) is -0.439. The number of primary amides is 1. The SMILES string of the molecule is COCCOc1cc(F)c2c(NC3(C(C)C)CN(CC(N)=O)N=N3)ncnc2c1. The number of aromatic nitrogens is 2. The lowest BCUT2D eigenvalue weighted by molar-refractivity contribution is -0.119. The van der Waals surface area contributed by atoms with Crippen LogP contribution in [0.5, 0.6) is 5.75 Å². The normalized spacial score (nSPS) is 18.6. The van der Waals surface area contributed by atoms with Crippen LogP contribution in [0.1, 0.15) is 13.8 Å². The summed E-state index contributed by atoms with van der Waals surface area (Å²) < 4.78 is 25.3. The molecule has 0 spiro atoms. The fraction of sp³-hybridized carbons (Fsp3) is 0.500. The van der Waals surface area contributed by atoms with Crippen molar-refractivity contribution in [2.75, 3.05) is 38.7 Å². The van der Waals surface area contributed by atoms with E-state index in [4.69, 9.17) is 15.2 Å². The third-order valence-corrected chi connectivity index (χ3v) is 4.62. The third kappa shape index (κ3) is 4.50. The Bertz CT molecular complexity index is 924. The highest BCUT2D eigenvalue weighted by molar-refractivity contribution is 5.90. The molecule has 0 radical (unpaired) electrons. The van der Waals surface area contributed by atoms with Gasteiger partial charge in [-0.3, -0.25) is 9.80 Å². The van der Waals surface area contributed by atoms with E-state index in [2.05, 4.69) is 25.6 Å². The second-order valence-corrected chi connectivity index (χ2v) is 7.05. The molecule has 2 heterocycles. The van der Waals surface area contributed by atoms with Crippen molar-refractivity contribution in [3.63, 3.8) is 0 Å². The van der Waals surface area contributed by atoms with Crippen LogP contribution in [0, 0.1) is 11.7 Å². The zero-order chi connectivity index (χ0) is 21.0. The average Bonchev–Trinajstić information content (AvgIpc) is 3.05. The fourth-order valence-corrected chi connectivity index (χ4v) is 3.00. The molecule has 1 aliphatic rings. The van der Waals surface area contributed by atoms with E-state index in [9.17, 15) is 9.18 Å². The first-order valence-electron chi connectivity index (χ1n) is 9.15. The van der Waals surface area contributed by atoms with Crippen LogP contribution in [0.25, 0.3) is 10.9 Å². The van der Waals surface area contributed by atoms with Gasteiger partial charge in [0.25, 0.3) is 0 Å². The Kier molecular flexibility index (Phi) is 6.06. The summed E-state index contributed by atoms with van der Waals surface area (Å²) >= 11 is 0. The number of nitrogens with zero attached hydrogens (tertiary/aromatic N) is 5. The number of hydrogen-bond acceptors (Lipinski definition) is 9. The number of methoxy groups -OCH3 is 1. The maximum absolute atomic E-state index is 14.9. The summed E-state index contributed by atoms with van der Waals surface area (Å²) in [5.41, 5.74) is 4.74. The summed E-state index contributed by atoms with van der Waals surface area (Å²) in [7, 11) is 1.56. The molecule has 1 amide bonds. The van der Waals surface area contributed by atoms with Gasteiger partial charge in [0.15, 0.2) is 5.66 Å². The Hall–Kier alpha value is -3.08. The van der Waals surface area contributed by atoms with Crippen LogP contribution in [-0.2, 0) is 9.53 Å². The predicted octanol–water partition coefficient (Wildman–Crippen LogP) is 1.73. The van der Waals surface area contributed by atoms with E-state index in [0.717, 1.165) is 0 Å². The van der Waals surface area contributed by atoms with Crippen LogP contribution in [0.3, 0.4) is 0 Å². The molecule has 1 unspecified atom stereocenters. The number of rotatable bonds is 9. The minimum absolute atomic E-state index is 0.0335. The number of halogens is 1. The number of hydrogen-bond donors (Lipinski definition) is 2. The highest BCUT2D eigenvalue weighted by atomic mass is 19.1. The topological polar surface area (TPSA) is 127 Å². The van der Waals surface area contributed by atoms with Crippen molar-refractivity contribution in [1.82, 2.24) is 15.0 Å². The Balaban J connectivity index is 1.91. The fourth-order valence-electron chi connectivity index (χ4n) is 3.00. The molecule has 1 atom stereocenters. The second kappa shape index (κ2) is 8.52. The molecule has 11 heteroatoms. The van der Waals surface area contributed by atoms with Gasteiger partial charge in [-0.1, -0.05) is 19.1 Å². The van der Waals surface area contributed by atoms with Crippen molar-refractivity contribution in [2.45, 2.75) is 19.5 Å². The molecule has 10 nitrogen and oxygen atoms in total. The molecule has 29 heavy (non-hydrogen) atoms. The molecule has 1 aliphatic heterocycles.